The van der Waals surface area contributed by atoms with Crippen LogP contribution in [0.4, 0.5) is 0 Å². The summed E-state index contributed by atoms with van der Waals surface area (Å²) in [5.74, 6) is 0.0737. The largest absolute Gasteiger partial charge is 0.341 e. The molecule has 1 amide bonds. The highest BCUT2D eigenvalue weighted by Crippen LogP contribution is 2.15. The maximum Gasteiger partial charge on any atom is 0.253 e. The lowest BCUT2D eigenvalue weighted by molar-refractivity contribution is 0.0795. The van der Waals surface area contributed by atoms with Gasteiger partial charge in [-0.05, 0) is 42.2 Å². The smallest absolute Gasteiger partial charge is 0.253 e. The van der Waals surface area contributed by atoms with Crippen molar-refractivity contribution in [2.75, 3.05) is 13.6 Å². The molecule has 0 atom stereocenters. The molecule has 0 N–H and O–H groups in total. The summed E-state index contributed by atoms with van der Waals surface area (Å²) in [5.41, 5.74) is 4.20. The van der Waals surface area contributed by atoms with Crippen molar-refractivity contribution < 1.29 is 4.79 Å². The zero-order valence-electron chi connectivity index (χ0n) is 15.1. The van der Waals surface area contributed by atoms with Gasteiger partial charge in [0.25, 0.3) is 5.91 Å². The highest BCUT2D eigenvalue weighted by Gasteiger charge is 2.15. The van der Waals surface area contributed by atoms with Crippen LogP contribution in [0.15, 0.2) is 79.0 Å². The van der Waals surface area contributed by atoms with Gasteiger partial charge in [0.2, 0.25) is 0 Å². The number of carbonyl (C=O) groups excluding carboxylic acids is 1. The molecule has 0 saturated heterocycles. The molecule has 0 aliphatic heterocycles. The summed E-state index contributed by atoms with van der Waals surface area (Å²) in [7, 11) is 1.86. The van der Waals surface area contributed by atoms with E-state index in [0.29, 0.717) is 6.54 Å². The molecule has 2 aromatic carbocycles. The Labute approximate surface area is 155 Å². The van der Waals surface area contributed by atoms with Crippen LogP contribution in [-0.4, -0.2) is 29.4 Å². The van der Waals surface area contributed by atoms with E-state index >= 15 is 0 Å². The summed E-state index contributed by atoms with van der Waals surface area (Å²) < 4.78 is 0. The number of carbonyl (C=O) groups is 1. The Balaban J connectivity index is 1.65. The van der Waals surface area contributed by atoms with E-state index in [9.17, 15) is 4.79 Å². The predicted molar refractivity (Wildman–Crippen MR) is 105 cm³/mol. The number of amides is 1. The first kappa shape index (κ1) is 17.9. The van der Waals surface area contributed by atoms with E-state index in [1.807, 2.05) is 49.5 Å². The van der Waals surface area contributed by atoms with Crippen LogP contribution >= 0.6 is 0 Å². The van der Waals surface area contributed by atoms with Crippen LogP contribution in [0, 0.1) is 0 Å². The summed E-state index contributed by atoms with van der Waals surface area (Å²) >= 11 is 0. The second-order valence-corrected chi connectivity index (χ2v) is 6.44. The van der Waals surface area contributed by atoms with Crippen molar-refractivity contribution in [1.29, 1.82) is 0 Å². The van der Waals surface area contributed by atoms with Crippen molar-refractivity contribution in [1.82, 2.24) is 9.88 Å². The molecule has 0 fully saturated rings. The molecule has 0 aliphatic rings. The van der Waals surface area contributed by atoms with Gasteiger partial charge in [-0.3, -0.25) is 9.78 Å². The lowest BCUT2D eigenvalue weighted by Crippen LogP contribution is -2.29. The van der Waals surface area contributed by atoms with Crippen LogP contribution in [0.25, 0.3) is 0 Å². The molecule has 3 rings (SSSR count). The van der Waals surface area contributed by atoms with Crippen LogP contribution in [0.1, 0.15) is 27.2 Å². The molecule has 3 heteroatoms. The summed E-state index contributed by atoms with van der Waals surface area (Å²) in [6.45, 7) is 0.656. The Morgan fingerprint density at radius 3 is 2.35 bits per heavy atom. The molecule has 3 aromatic rings. The number of pyridine rings is 1. The number of aryl methyl sites for hydroxylation is 2. The van der Waals surface area contributed by atoms with Gasteiger partial charge < -0.3 is 4.90 Å². The van der Waals surface area contributed by atoms with E-state index in [1.54, 1.807) is 11.1 Å². The van der Waals surface area contributed by atoms with E-state index in [0.717, 1.165) is 36.1 Å². The zero-order chi connectivity index (χ0) is 18.2. The fourth-order valence-electron chi connectivity index (χ4n) is 3.01. The Kier molecular flexibility index (Phi) is 6.15. The van der Waals surface area contributed by atoms with Crippen molar-refractivity contribution in [3.8, 4) is 0 Å². The van der Waals surface area contributed by atoms with Gasteiger partial charge in [-0.25, -0.2) is 0 Å². The minimum absolute atomic E-state index is 0.0737. The molecular formula is C23H24N2O. The summed E-state index contributed by atoms with van der Waals surface area (Å²) in [6, 6.07) is 24.2. The van der Waals surface area contributed by atoms with Crippen molar-refractivity contribution >= 4 is 5.91 Å². The van der Waals surface area contributed by atoms with Gasteiger partial charge in [-0.15, -0.1) is 0 Å². The molecule has 0 saturated carbocycles. The van der Waals surface area contributed by atoms with E-state index < -0.39 is 0 Å². The molecule has 0 spiro atoms. The van der Waals surface area contributed by atoms with Gasteiger partial charge in [0.15, 0.2) is 0 Å². The predicted octanol–water partition coefficient (Wildman–Crippen LogP) is 4.18. The Morgan fingerprint density at radius 1 is 0.846 bits per heavy atom. The molecule has 26 heavy (non-hydrogen) atoms. The van der Waals surface area contributed by atoms with Gasteiger partial charge in [0, 0.05) is 37.5 Å². The Morgan fingerprint density at radius 2 is 1.58 bits per heavy atom. The average molecular weight is 344 g/mol. The summed E-state index contributed by atoms with van der Waals surface area (Å²) in [5, 5.41) is 0. The van der Waals surface area contributed by atoms with Crippen LogP contribution in [0.5, 0.6) is 0 Å². The minimum atomic E-state index is 0.0737. The summed E-state index contributed by atoms with van der Waals surface area (Å²) in [4.78, 5) is 19.0. The highest BCUT2D eigenvalue weighted by atomic mass is 16.2. The normalized spacial score (nSPS) is 10.5. The van der Waals surface area contributed by atoms with Crippen LogP contribution in [0.3, 0.4) is 0 Å². The second kappa shape index (κ2) is 8.95. The van der Waals surface area contributed by atoms with Crippen LogP contribution in [-0.2, 0) is 19.3 Å². The van der Waals surface area contributed by atoms with Crippen molar-refractivity contribution in [3.05, 3.63) is 101 Å². The first-order valence-corrected chi connectivity index (χ1v) is 9.01. The van der Waals surface area contributed by atoms with Gasteiger partial charge in [0.1, 0.15) is 0 Å². The molecule has 0 bridgehead atoms. The van der Waals surface area contributed by atoms with Crippen molar-refractivity contribution in [3.63, 3.8) is 0 Å². The maximum absolute atomic E-state index is 12.9. The topological polar surface area (TPSA) is 33.2 Å². The van der Waals surface area contributed by atoms with Crippen LogP contribution in [0.2, 0.25) is 0 Å². The molecule has 0 radical (unpaired) electrons. The second-order valence-electron chi connectivity index (χ2n) is 6.44. The maximum atomic E-state index is 12.9. The standard InChI is InChI=1S/C23H24N2O/c1-25(18-16-21-12-7-8-17-24-21)23(26)22-13-6-5-11-20(22)15-14-19-9-3-2-4-10-19/h2-13,17H,14-16,18H2,1H3. The van der Waals surface area contributed by atoms with Gasteiger partial charge >= 0.3 is 0 Å². The number of hydrogen-bond acceptors (Lipinski definition) is 2. The van der Waals surface area contributed by atoms with Crippen molar-refractivity contribution in [2.24, 2.45) is 0 Å². The Bertz CT molecular complexity index is 831. The first-order chi connectivity index (χ1) is 12.7. The third kappa shape index (κ3) is 4.79. The molecule has 0 unspecified atom stereocenters. The molecule has 1 heterocycles. The minimum Gasteiger partial charge on any atom is -0.341 e. The van der Waals surface area contributed by atoms with E-state index in [1.165, 1.54) is 5.56 Å². The molecule has 132 valence electrons. The van der Waals surface area contributed by atoms with Gasteiger partial charge in [-0.1, -0.05) is 54.6 Å². The quantitative estimate of drug-likeness (QED) is 0.644. The van der Waals surface area contributed by atoms with Crippen molar-refractivity contribution in [2.45, 2.75) is 19.3 Å². The lowest BCUT2D eigenvalue weighted by Gasteiger charge is -2.19. The SMILES string of the molecule is CN(CCc1ccccn1)C(=O)c1ccccc1CCc1ccccc1. The first-order valence-electron chi connectivity index (χ1n) is 9.01. The number of rotatable bonds is 7. The molecule has 3 nitrogen and oxygen atoms in total. The monoisotopic (exact) mass is 344 g/mol. The lowest BCUT2D eigenvalue weighted by atomic mass is 9.99. The fourth-order valence-corrected chi connectivity index (χ4v) is 3.01. The summed E-state index contributed by atoms with van der Waals surface area (Å²) in [6.07, 6.45) is 4.34. The highest BCUT2D eigenvalue weighted by molar-refractivity contribution is 5.95. The fraction of sp³-hybridized carbons (Fsp3) is 0.217. The van der Waals surface area contributed by atoms with E-state index in [4.69, 9.17) is 0 Å². The average Bonchev–Trinajstić information content (AvgIpc) is 2.71. The zero-order valence-corrected chi connectivity index (χ0v) is 15.1. The molecular weight excluding hydrogens is 320 g/mol. The molecule has 1 aromatic heterocycles. The van der Waals surface area contributed by atoms with E-state index in [2.05, 4.69) is 35.3 Å². The Hall–Kier alpha value is -2.94. The number of hydrogen-bond donors (Lipinski definition) is 0. The van der Waals surface area contributed by atoms with Gasteiger partial charge in [0.05, 0.1) is 0 Å². The third-order valence-corrected chi connectivity index (χ3v) is 4.55. The van der Waals surface area contributed by atoms with Crippen LogP contribution < -0.4 is 0 Å². The number of benzene rings is 2. The van der Waals surface area contributed by atoms with E-state index in [-0.39, 0.29) is 5.91 Å². The van der Waals surface area contributed by atoms with Gasteiger partial charge in [-0.2, -0.15) is 0 Å². The molecule has 0 aliphatic carbocycles. The number of likely N-dealkylation sites (N-methyl/N-ethyl adjacent to an activating group) is 1. The number of aromatic nitrogens is 1. The third-order valence-electron chi connectivity index (χ3n) is 4.55. The number of nitrogens with zero attached hydrogens (tertiary/aromatic N) is 2.